The molecule has 1 rings (SSSR count). The second-order valence-electron chi connectivity index (χ2n) is 3.80. The number of ether oxygens (including phenoxy) is 1. The van der Waals surface area contributed by atoms with Crippen LogP contribution in [-0.2, 0) is 10.1 Å². The van der Waals surface area contributed by atoms with Gasteiger partial charge in [0, 0.05) is 4.47 Å². The molecule has 7 heteroatoms. The predicted molar refractivity (Wildman–Crippen MR) is 70.0 cm³/mol. The van der Waals surface area contributed by atoms with Gasteiger partial charge in [-0.25, -0.2) is 0 Å². The molecule has 1 aromatic rings. The van der Waals surface area contributed by atoms with E-state index in [1.165, 1.54) is 13.8 Å². The summed E-state index contributed by atoms with van der Waals surface area (Å²) < 4.78 is 37.0. The van der Waals surface area contributed by atoms with E-state index < -0.39 is 21.5 Å². The summed E-state index contributed by atoms with van der Waals surface area (Å²) in [6.45, 7) is 2.85. The van der Waals surface area contributed by atoms with Gasteiger partial charge in [-0.05, 0) is 32.0 Å². The van der Waals surface area contributed by atoms with Crippen molar-refractivity contribution in [2.24, 2.45) is 0 Å². The van der Waals surface area contributed by atoms with Gasteiger partial charge in [-0.1, -0.05) is 15.9 Å². The van der Waals surface area contributed by atoms with E-state index in [2.05, 4.69) is 15.9 Å². The van der Waals surface area contributed by atoms with Crippen LogP contribution in [0.3, 0.4) is 0 Å². The number of nitrogens with zero attached hydrogens (tertiary/aromatic N) is 1. The summed E-state index contributed by atoms with van der Waals surface area (Å²) in [7, 11) is -4.17. The summed E-state index contributed by atoms with van der Waals surface area (Å²) >= 11 is 3.23. The maximum atomic E-state index is 11.0. The highest BCUT2D eigenvalue weighted by atomic mass is 79.9. The lowest BCUT2D eigenvalue weighted by Gasteiger charge is -2.19. The van der Waals surface area contributed by atoms with Crippen LogP contribution >= 0.6 is 15.9 Å². The number of nitriles is 1. The minimum absolute atomic E-state index is 0.273. The number of benzene rings is 1. The van der Waals surface area contributed by atoms with Crippen LogP contribution in [0.4, 0.5) is 0 Å². The fraction of sp³-hybridized carbons (Fsp3) is 0.364. The fourth-order valence-corrected chi connectivity index (χ4v) is 2.10. The molecule has 0 bridgehead atoms. The summed E-state index contributed by atoms with van der Waals surface area (Å²) in [6.07, 6.45) is -0.776. The molecule has 0 aliphatic carbocycles. The van der Waals surface area contributed by atoms with Gasteiger partial charge in [0.2, 0.25) is 0 Å². The molecule has 0 spiro atoms. The fourth-order valence-electron chi connectivity index (χ4n) is 1.22. The monoisotopic (exact) mass is 333 g/mol. The molecule has 0 unspecified atom stereocenters. The average Bonchev–Trinajstić information content (AvgIpc) is 2.27. The first-order valence-corrected chi connectivity index (χ1v) is 7.38. The molecule has 1 N–H and O–H groups in total. The number of rotatable bonds is 4. The summed E-state index contributed by atoms with van der Waals surface area (Å²) in [6, 6.07) is 6.77. The summed E-state index contributed by atoms with van der Waals surface area (Å²) in [4.78, 5) is 0. The van der Waals surface area contributed by atoms with Crippen molar-refractivity contribution in [3.05, 3.63) is 28.2 Å². The van der Waals surface area contributed by atoms with E-state index in [0.717, 1.165) is 0 Å². The lowest BCUT2D eigenvalue weighted by molar-refractivity contribution is 0.214. The number of hydrogen-bond acceptors (Lipinski definition) is 4. The Kier molecular flexibility index (Phi) is 4.73. The minimum atomic E-state index is -4.17. The van der Waals surface area contributed by atoms with Crippen LogP contribution in [0.15, 0.2) is 22.7 Å². The van der Waals surface area contributed by atoms with Gasteiger partial charge in [-0.15, -0.1) is 0 Å². The molecule has 0 aliphatic heterocycles. The average molecular weight is 334 g/mol. The topological polar surface area (TPSA) is 87.4 Å². The van der Waals surface area contributed by atoms with Gasteiger partial charge in [-0.3, -0.25) is 4.55 Å². The molecular formula is C11H12BrNO4S. The molecule has 0 amide bonds. The Morgan fingerprint density at radius 3 is 2.56 bits per heavy atom. The predicted octanol–water partition coefficient (Wildman–Crippen LogP) is 2.36. The zero-order valence-corrected chi connectivity index (χ0v) is 12.2. The van der Waals surface area contributed by atoms with E-state index in [0.29, 0.717) is 10.0 Å². The maximum Gasteiger partial charge on any atom is 0.271 e. The Morgan fingerprint density at radius 2 is 2.06 bits per heavy atom. The highest BCUT2D eigenvalue weighted by Gasteiger charge is 2.26. The molecule has 0 aliphatic rings. The van der Waals surface area contributed by atoms with Crippen molar-refractivity contribution in [1.82, 2.24) is 0 Å². The second kappa shape index (κ2) is 5.69. The van der Waals surface area contributed by atoms with Crippen LogP contribution in [0, 0.1) is 11.3 Å². The molecule has 0 radical (unpaired) electrons. The van der Waals surface area contributed by atoms with Gasteiger partial charge in [0.05, 0.1) is 5.56 Å². The van der Waals surface area contributed by atoms with Crippen LogP contribution in [0.1, 0.15) is 19.4 Å². The Bertz CT molecular complexity index is 579. The van der Waals surface area contributed by atoms with Gasteiger partial charge < -0.3 is 4.74 Å². The van der Waals surface area contributed by atoms with E-state index in [9.17, 15) is 8.42 Å². The van der Waals surface area contributed by atoms with Gasteiger partial charge in [0.1, 0.15) is 23.2 Å². The molecule has 1 aromatic carbocycles. The van der Waals surface area contributed by atoms with Crippen molar-refractivity contribution in [2.75, 3.05) is 0 Å². The zero-order chi connectivity index (χ0) is 13.9. The zero-order valence-electron chi connectivity index (χ0n) is 9.79. The van der Waals surface area contributed by atoms with Crippen LogP contribution < -0.4 is 4.74 Å². The highest BCUT2D eigenvalue weighted by molar-refractivity contribution is 9.10. The van der Waals surface area contributed by atoms with Crippen molar-refractivity contribution >= 4 is 26.0 Å². The van der Waals surface area contributed by atoms with E-state index in [1.807, 2.05) is 6.07 Å². The highest BCUT2D eigenvalue weighted by Crippen LogP contribution is 2.25. The third-order valence-electron chi connectivity index (χ3n) is 2.51. The Labute approximate surface area is 114 Å². The van der Waals surface area contributed by atoms with E-state index in [4.69, 9.17) is 14.6 Å². The summed E-state index contributed by atoms with van der Waals surface area (Å²) in [5.74, 6) is 0.273. The van der Waals surface area contributed by atoms with Gasteiger partial charge in [0.25, 0.3) is 10.1 Å². The maximum absolute atomic E-state index is 11.0. The van der Waals surface area contributed by atoms with E-state index >= 15 is 0 Å². The lowest BCUT2D eigenvalue weighted by Crippen LogP contribution is -2.33. The Morgan fingerprint density at radius 1 is 1.44 bits per heavy atom. The first-order valence-electron chi connectivity index (χ1n) is 5.08. The quantitative estimate of drug-likeness (QED) is 0.854. The Hall–Kier alpha value is -1.10. The Balaban J connectivity index is 2.99. The molecule has 0 saturated carbocycles. The third-order valence-corrected chi connectivity index (χ3v) is 4.32. The summed E-state index contributed by atoms with van der Waals surface area (Å²) in [5, 5.41) is 7.83. The molecular weight excluding hydrogens is 322 g/mol. The molecule has 2 atom stereocenters. The standard InChI is InChI=1S/C11H12BrNO4S/c1-7(8(2)18(14,15)16)17-11-5-10(12)4-3-9(11)6-13/h3-5,7-8H,1-2H3,(H,14,15,16)/t7-,8-/m0/s1. The molecule has 18 heavy (non-hydrogen) atoms. The van der Waals surface area contributed by atoms with Crippen molar-refractivity contribution in [3.8, 4) is 11.8 Å². The van der Waals surface area contributed by atoms with E-state index in [1.54, 1.807) is 18.2 Å². The van der Waals surface area contributed by atoms with Crippen molar-refractivity contribution in [1.29, 1.82) is 5.26 Å². The molecule has 0 heterocycles. The lowest BCUT2D eigenvalue weighted by atomic mass is 10.2. The van der Waals surface area contributed by atoms with Gasteiger partial charge >= 0.3 is 0 Å². The normalized spacial score (nSPS) is 14.6. The van der Waals surface area contributed by atoms with Crippen LogP contribution in [0.25, 0.3) is 0 Å². The first-order chi connectivity index (χ1) is 8.25. The van der Waals surface area contributed by atoms with Gasteiger partial charge in [-0.2, -0.15) is 13.7 Å². The minimum Gasteiger partial charge on any atom is -0.488 e. The van der Waals surface area contributed by atoms with Crippen LogP contribution in [0.2, 0.25) is 0 Å². The van der Waals surface area contributed by atoms with E-state index in [-0.39, 0.29) is 5.75 Å². The van der Waals surface area contributed by atoms with Crippen LogP contribution in [-0.4, -0.2) is 24.3 Å². The van der Waals surface area contributed by atoms with Crippen LogP contribution in [0.5, 0.6) is 5.75 Å². The summed E-state index contributed by atoms with van der Waals surface area (Å²) in [5.41, 5.74) is 0.299. The third kappa shape index (κ3) is 3.70. The largest absolute Gasteiger partial charge is 0.488 e. The van der Waals surface area contributed by atoms with Crippen molar-refractivity contribution < 1.29 is 17.7 Å². The molecule has 0 fully saturated rings. The number of hydrogen-bond donors (Lipinski definition) is 1. The molecule has 5 nitrogen and oxygen atoms in total. The first kappa shape index (κ1) is 15.0. The van der Waals surface area contributed by atoms with Crippen molar-refractivity contribution in [3.63, 3.8) is 0 Å². The smallest absolute Gasteiger partial charge is 0.271 e. The number of halogens is 1. The van der Waals surface area contributed by atoms with Crippen molar-refractivity contribution in [2.45, 2.75) is 25.2 Å². The molecule has 98 valence electrons. The second-order valence-corrected chi connectivity index (χ2v) is 6.48. The molecule has 0 aromatic heterocycles. The van der Waals surface area contributed by atoms with Gasteiger partial charge in [0.15, 0.2) is 0 Å². The molecule has 0 saturated heterocycles. The SMILES string of the molecule is C[C@H](Oc1cc(Br)ccc1C#N)[C@H](C)S(=O)(=O)O.